The van der Waals surface area contributed by atoms with Crippen molar-refractivity contribution < 1.29 is 27.8 Å². The van der Waals surface area contributed by atoms with Crippen LogP contribution in [0.3, 0.4) is 0 Å². The fraction of sp³-hybridized carbons (Fsp3) is 0.381. The minimum atomic E-state index is -0.792. The number of ether oxygens (including phenoxy) is 3. The molecule has 0 spiro atoms. The Morgan fingerprint density at radius 3 is 2.34 bits per heavy atom. The van der Waals surface area contributed by atoms with Crippen LogP contribution in [0.5, 0.6) is 11.5 Å². The van der Waals surface area contributed by atoms with E-state index in [2.05, 4.69) is 10.2 Å². The van der Waals surface area contributed by atoms with Gasteiger partial charge in [-0.15, -0.1) is 0 Å². The first-order valence-electron chi connectivity index (χ1n) is 9.30. The van der Waals surface area contributed by atoms with Gasteiger partial charge in [-0.3, -0.25) is 9.69 Å². The summed E-state index contributed by atoms with van der Waals surface area (Å²) in [6.45, 7) is 2.83. The van der Waals surface area contributed by atoms with Gasteiger partial charge in [0.25, 0.3) is 5.91 Å². The largest absolute Gasteiger partial charge is 0.493 e. The molecule has 1 aliphatic heterocycles. The van der Waals surface area contributed by atoms with Crippen molar-refractivity contribution in [3.63, 3.8) is 0 Å². The summed E-state index contributed by atoms with van der Waals surface area (Å²) in [7, 11) is 3.13. The quantitative estimate of drug-likeness (QED) is 0.766. The van der Waals surface area contributed by atoms with E-state index in [4.69, 9.17) is 14.2 Å². The second kappa shape index (κ2) is 9.67. The Labute approximate surface area is 168 Å². The summed E-state index contributed by atoms with van der Waals surface area (Å²) < 4.78 is 43.0. The number of morpholine rings is 1. The van der Waals surface area contributed by atoms with E-state index in [0.717, 1.165) is 23.8 Å². The van der Waals surface area contributed by atoms with Crippen LogP contribution in [0.15, 0.2) is 36.4 Å². The summed E-state index contributed by atoms with van der Waals surface area (Å²) in [6.07, 6.45) is 0. The average molecular weight is 406 g/mol. The number of carbonyl (C=O) groups is 1. The molecule has 1 unspecified atom stereocenters. The topological polar surface area (TPSA) is 60.0 Å². The minimum Gasteiger partial charge on any atom is -0.493 e. The van der Waals surface area contributed by atoms with Gasteiger partial charge < -0.3 is 19.5 Å². The van der Waals surface area contributed by atoms with Crippen LogP contribution in [0, 0.1) is 11.6 Å². The maximum Gasteiger partial charge on any atom is 0.251 e. The van der Waals surface area contributed by atoms with Gasteiger partial charge in [-0.05, 0) is 29.8 Å². The van der Waals surface area contributed by atoms with Gasteiger partial charge in [-0.25, -0.2) is 8.78 Å². The Morgan fingerprint density at radius 2 is 1.72 bits per heavy atom. The molecular formula is C21H24F2N2O4. The number of carbonyl (C=O) groups excluding carboxylic acids is 1. The van der Waals surface area contributed by atoms with Crippen LogP contribution in [-0.4, -0.2) is 57.9 Å². The van der Waals surface area contributed by atoms with Crippen molar-refractivity contribution in [2.45, 2.75) is 6.04 Å². The molecule has 0 aromatic heterocycles. The highest BCUT2D eigenvalue weighted by Gasteiger charge is 2.24. The first-order chi connectivity index (χ1) is 14.0. The van der Waals surface area contributed by atoms with Crippen molar-refractivity contribution >= 4 is 5.91 Å². The molecule has 1 amide bonds. The van der Waals surface area contributed by atoms with Gasteiger partial charge in [-0.1, -0.05) is 6.07 Å². The summed E-state index contributed by atoms with van der Waals surface area (Å²) in [6, 6.07) is 8.18. The van der Waals surface area contributed by atoms with E-state index in [1.54, 1.807) is 14.2 Å². The third-order valence-electron chi connectivity index (χ3n) is 4.86. The van der Waals surface area contributed by atoms with Crippen LogP contribution in [0.4, 0.5) is 8.78 Å². The molecule has 8 heteroatoms. The first kappa shape index (κ1) is 21.0. The zero-order valence-electron chi connectivity index (χ0n) is 16.4. The van der Waals surface area contributed by atoms with E-state index in [1.807, 2.05) is 18.2 Å². The number of rotatable bonds is 7. The molecule has 0 saturated carbocycles. The fourth-order valence-corrected chi connectivity index (χ4v) is 3.38. The molecule has 1 fully saturated rings. The molecule has 1 saturated heterocycles. The van der Waals surface area contributed by atoms with Gasteiger partial charge in [0.1, 0.15) is 11.6 Å². The molecular weight excluding hydrogens is 382 g/mol. The second-order valence-corrected chi connectivity index (χ2v) is 6.65. The predicted octanol–water partition coefficient (Wildman–Crippen LogP) is 2.79. The second-order valence-electron chi connectivity index (χ2n) is 6.65. The number of hydrogen-bond acceptors (Lipinski definition) is 5. The molecule has 6 nitrogen and oxygen atoms in total. The number of methoxy groups -OCH3 is 2. The van der Waals surface area contributed by atoms with Gasteiger partial charge in [0.2, 0.25) is 0 Å². The zero-order chi connectivity index (χ0) is 20.8. The molecule has 3 rings (SSSR count). The van der Waals surface area contributed by atoms with E-state index in [0.29, 0.717) is 37.8 Å². The van der Waals surface area contributed by atoms with Crippen LogP contribution >= 0.6 is 0 Å². The van der Waals surface area contributed by atoms with E-state index >= 15 is 0 Å². The number of benzene rings is 2. The van der Waals surface area contributed by atoms with E-state index in [1.165, 1.54) is 0 Å². The first-order valence-corrected chi connectivity index (χ1v) is 9.30. The van der Waals surface area contributed by atoms with Crippen LogP contribution in [-0.2, 0) is 4.74 Å². The van der Waals surface area contributed by atoms with Gasteiger partial charge in [-0.2, -0.15) is 0 Å². The molecule has 156 valence electrons. The molecule has 1 aliphatic rings. The summed E-state index contributed by atoms with van der Waals surface area (Å²) in [5.41, 5.74) is 0.866. The Hall–Kier alpha value is -2.71. The molecule has 1 heterocycles. The van der Waals surface area contributed by atoms with Gasteiger partial charge in [0.15, 0.2) is 11.5 Å². The lowest BCUT2D eigenvalue weighted by Crippen LogP contribution is -2.43. The highest BCUT2D eigenvalue weighted by atomic mass is 19.1. The Bertz CT molecular complexity index is 836. The summed E-state index contributed by atoms with van der Waals surface area (Å²) >= 11 is 0. The molecule has 0 aliphatic carbocycles. The SMILES string of the molecule is COc1ccc(C(CNC(=O)c2cc(F)cc(F)c2)N2CCOCC2)cc1OC. The van der Waals surface area contributed by atoms with Gasteiger partial charge >= 0.3 is 0 Å². The fourth-order valence-electron chi connectivity index (χ4n) is 3.38. The van der Waals surface area contributed by atoms with Crippen LogP contribution in [0.2, 0.25) is 0 Å². The number of nitrogens with one attached hydrogen (secondary N) is 1. The molecule has 1 atom stereocenters. The highest BCUT2D eigenvalue weighted by molar-refractivity contribution is 5.94. The Kier molecular flexibility index (Phi) is 7.00. The smallest absolute Gasteiger partial charge is 0.251 e. The van der Waals surface area contributed by atoms with Crippen LogP contribution in [0.25, 0.3) is 0 Å². The van der Waals surface area contributed by atoms with E-state index in [-0.39, 0.29) is 18.2 Å². The lowest BCUT2D eigenvalue weighted by Gasteiger charge is -2.35. The standard InChI is InChI=1S/C21H24F2N2O4/c1-27-19-4-3-14(11-20(19)28-2)18(25-5-7-29-8-6-25)13-24-21(26)15-9-16(22)12-17(23)10-15/h3-4,9-12,18H,5-8,13H2,1-2H3,(H,24,26). The molecule has 2 aromatic carbocycles. The molecule has 1 N–H and O–H groups in total. The number of hydrogen-bond donors (Lipinski definition) is 1. The molecule has 29 heavy (non-hydrogen) atoms. The number of halogens is 2. The minimum absolute atomic E-state index is 0.0597. The highest BCUT2D eigenvalue weighted by Crippen LogP contribution is 2.32. The van der Waals surface area contributed by atoms with Crippen molar-refractivity contribution in [1.82, 2.24) is 10.2 Å². The van der Waals surface area contributed by atoms with Crippen molar-refractivity contribution in [1.29, 1.82) is 0 Å². The van der Waals surface area contributed by atoms with E-state index in [9.17, 15) is 13.6 Å². The van der Waals surface area contributed by atoms with Crippen LogP contribution < -0.4 is 14.8 Å². The number of amides is 1. The van der Waals surface area contributed by atoms with Crippen molar-refractivity contribution in [2.75, 3.05) is 47.1 Å². The lowest BCUT2D eigenvalue weighted by atomic mass is 10.0. The van der Waals surface area contributed by atoms with Crippen molar-refractivity contribution in [3.8, 4) is 11.5 Å². The summed E-state index contributed by atoms with van der Waals surface area (Å²) in [4.78, 5) is 14.7. The third kappa shape index (κ3) is 5.21. The Balaban J connectivity index is 1.81. The summed E-state index contributed by atoms with van der Waals surface area (Å²) in [5, 5.41) is 2.79. The van der Waals surface area contributed by atoms with Crippen molar-refractivity contribution in [3.05, 3.63) is 59.2 Å². The zero-order valence-corrected chi connectivity index (χ0v) is 16.4. The van der Waals surface area contributed by atoms with E-state index < -0.39 is 17.5 Å². The average Bonchev–Trinajstić information content (AvgIpc) is 2.73. The Morgan fingerprint density at radius 1 is 1.07 bits per heavy atom. The van der Waals surface area contributed by atoms with Crippen LogP contribution in [0.1, 0.15) is 22.0 Å². The van der Waals surface area contributed by atoms with Gasteiger partial charge in [0, 0.05) is 31.3 Å². The monoisotopic (exact) mass is 406 g/mol. The van der Waals surface area contributed by atoms with Gasteiger partial charge in [0.05, 0.1) is 33.5 Å². The molecule has 2 aromatic rings. The molecule has 0 radical (unpaired) electrons. The maximum absolute atomic E-state index is 13.4. The third-order valence-corrected chi connectivity index (χ3v) is 4.86. The number of nitrogens with zero attached hydrogens (tertiary/aromatic N) is 1. The lowest BCUT2D eigenvalue weighted by molar-refractivity contribution is 0.0162. The normalized spacial score (nSPS) is 15.6. The summed E-state index contributed by atoms with van der Waals surface area (Å²) in [5.74, 6) is -0.931. The van der Waals surface area contributed by atoms with Crippen molar-refractivity contribution in [2.24, 2.45) is 0 Å². The predicted molar refractivity (Wildman–Crippen MR) is 103 cm³/mol. The maximum atomic E-state index is 13.4. The molecule has 0 bridgehead atoms.